The fraction of sp³-hybridized carbons (Fsp3) is 0.500. The number of hydrogen-bond donors (Lipinski definition) is 1. The van der Waals surface area contributed by atoms with E-state index in [4.69, 9.17) is 9.63 Å². The van der Waals surface area contributed by atoms with Gasteiger partial charge in [0.15, 0.2) is 0 Å². The summed E-state index contributed by atoms with van der Waals surface area (Å²) in [6.07, 6.45) is 1.79. The largest absolute Gasteiger partial charge is 0.480 e. The van der Waals surface area contributed by atoms with Gasteiger partial charge < -0.3 is 9.63 Å². The van der Waals surface area contributed by atoms with Gasteiger partial charge in [-0.2, -0.15) is 4.98 Å². The van der Waals surface area contributed by atoms with Crippen LogP contribution < -0.4 is 0 Å². The topological polar surface area (TPSA) is 126 Å². The maximum Gasteiger partial charge on any atom is 0.317 e. The Balaban J connectivity index is 1.55. The smallest absolute Gasteiger partial charge is 0.317 e. The molecule has 150 valence electrons. The minimum absolute atomic E-state index is 0.0133. The SMILES string of the molecule is CCN(CC(=O)O)C1CCN(Cc2nc(-c3ccc([N+](=O)[O-])cc3)no2)CC1. The van der Waals surface area contributed by atoms with Crippen molar-refractivity contribution in [1.29, 1.82) is 0 Å². The molecule has 3 rings (SSSR count). The molecule has 0 amide bonds. The van der Waals surface area contributed by atoms with Crippen molar-refractivity contribution in [3.05, 3.63) is 40.3 Å². The standard InChI is InChI=1S/C18H23N5O5/c1-2-22(12-17(24)25)14-7-9-21(10-8-14)11-16-19-18(20-28-16)13-3-5-15(6-4-13)23(26)27/h3-6,14H,2,7-12H2,1H3,(H,24,25). The third-order valence-corrected chi connectivity index (χ3v) is 4.98. The van der Waals surface area contributed by atoms with Crippen molar-refractivity contribution in [1.82, 2.24) is 19.9 Å². The van der Waals surface area contributed by atoms with Gasteiger partial charge in [-0.3, -0.25) is 24.7 Å². The predicted molar refractivity (Wildman–Crippen MR) is 99.6 cm³/mol. The highest BCUT2D eigenvalue weighted by Crippen LogP contribution is 2.22. The summed E-state index contributed by atoms with van der Waals surface area (Å²) in [7, 11) is 0. The van der Waals surface area contributed by atoms with E-state index in [0.717, 1.165) is 32.5 Å². The van der Waals surface area contributed by atoms with Gasteiger partial charge in [-0.05, 0) is 31.5 Å². The van der Waals surface area contributed by atoms with Crippen molar-refractivity contribution in [3.63, 3.8) is 0 Å². The molecule has 0 atom stereocenters. The van der Waals surface area contributed by atoms with Crippen LogP contribution in [0.25, 0.3) is 11.4 Å². The Morgan fingerprint density at radius 2 is 2.04 bits per heavy atom. The van der Waals surface area contributed by atoms with Crippen molar-refractivity contribution in [2.75, 3.05) is 26.2 Å². The quantitative estimate of drug-likeness (QED) is 0.533. The van der Waals surface area contributed by atoms with Gasteiger partial charge in [0.1, 0.15) is 0 Å². The Bertz CT molecular complexity index is 814. The Morgan fingerprint density at radius 3 is 2.61 bits per heavy atom. The van der Waals surface area contributed by atoms with Crippen LogP contribution in [0.2, 0.25) is 0 Å². The number of non-ortho nitro benzene ring substituents is 1. The molecule has 0 aliphatic carbocycles. The number of nitro benzene ring substituents is 1. The van der Waals surface area contributed by atoms with Crippen LogP contribution in [-0.2, 0) is 11.3 Å². The summed E-state index contributed by atoms with van der Waals surface area (Å²) in [5, 5.41) is 23.7. The highest BCUT2D eigenvalue weighted by Gasteiger charge is 2.26. The summed E-state index contributed by atoms with van der Waals surface area (Å²) in [5.41, 5.74) is 0.672. The number of carbonyl (C=O) groups is 1. The van der Waals surface area contributed by atoms with Gasteiger partial charge >= 0.3 is 5.97 Å². The summed E-state index contributed by atoms with van der Waals surface area (Å²) >= 11 is 0. The molecule has 1 N–H and O–H groups in total. The number of piperidine rings is 1. The third-order valence-electron chi connectivity index (χ3n) is 4.98. The molecule has 2 aromatic rings. The first kappa shape index (κ1) is 19.9. The summed E-state index contributed by atoms with van der Waals surface area (Å²) < 4.78 is 5.32. The number of hydrogen-bond acceptors (Lipinski definition) is 8. The summed E-state index contributed by atoms with van der Waals surface area (Å²) in [4.78, 5) is 29.8. The van der Waals surface area contributed by atoms with Gasteiger partial charge in [-0.1, -0.05) is 12.1 Å². The van der Waals surface area contributed by atoms with Gasteiger partial charge in [0.25, 0.3) is 5.69 Å². The highest BCUT2D eigenvalue weighted by molar-refractivity contribution is 5.69. The fourth-order valence-corrected chi connectivity index (χ4v) is 3.48. The lowest BCUT2D eigenvalue weighted by molar-refractivity contribution is -0.384. The molecule has 1 saturated heterocycles. The highest BCUT2D eigenvalue weighted by atomic mass is 16.6. The monoisotopic (exact) mass is 389 g/mol. The van der Waals surface area contributed by atoms with E-state index in [1.165, 1.54) is 12.1 Å². The first-order valence-corrected chi connectivity index (χ1v) is 9.22. The molecule has 1 aromatic heterocycles. The minimum atomic E-state index is -0.797. The van der Waals surface area contributed by atoms with Crippen LogP contribution in [0, 0.1) is 10.1 Å². The zero-order valence-electron chi connectivity index (χ0n) is 15.7. The van der Waals surface area contributed by atoms with Crippen molar-refractivity contribution < 1.29 is 19.3 Å². The molecule has 2 heterocycles. The first-order valence-electron chi connectivity index (χ1n) is 9.22. The average molecular weight is 389 g/mol. The number of likely N-dealkylation sites (tertiary alicyclic amines) is 1. The van der Waals surface area contributed by atoms with E-state index in [1.54, 1.807) is 12.1 Å². The molecule has 0 unspecified atom stereocenters. The zero-order chi connectivity index (χ0) is 20.1. The van der Waals surface area contributed by atoms with Gasteiger partial charge in [-0.15, -0.1) is 0 Å². The number of nitrogens with zero attached hydrogens (tertiary/aromatic N) is 5. The van der Waals surface area contributed by atoms with Crippen molar-refractivity contribution in [2.24, 2.45) is 0 Å². The normalized spacial score (nSPS) is 15.8. The summed E-state index contributed by atoms with van der Waals surface area (Å²) in [5.74, 6) is 0.0944. The average Bonchev–Trinajstić information content (AvgIpc) is 3.15. The van der Waals surface area contributed by atoms with Crippen LogP contribution in [0.3, 0.4) is 0 Å². The van der Waals surface area contributed by atoms with Gasteiger partial charge in [0.05, 0.1) is 18.0 Å². The van der Waals surface area contributed by atoms with Gasteiger partial charge in [0, 0.05) is 36.8 Å². The lowest BCUT2D eigenvalue weighted by atomic mass is 10.0. The van der Waals surface area contributed by atoms with Crippen molar-refractivity contribution in [3.8, 4) is 11.4 Å². The molecular weight excluding hydrogens is 366 g/mol. The van der Waals surface area contributed by atoms with Crippen molar-refractivity contribution >= 4 is 11.7 Å². The van der Waals surface area contributed by atoms with E-state index in [0.29, 0.717) is 23.8 Å². The third kappa shape index (κ3) is 4.90. The van der Waals surface area contributed by atoms with Crippen LogP contribution in [0.1, 0.15) is 25.7 Å². The maximum atomic E-state index is 11.0. The van der Waals surface area contributed by atoms with E-state index >= 15 is 0 Å². The number of likely N-dealkylation sites (N-methyl/N-ethyl adjacent to an activating group) is 1. The van der Waals surface area contributed by atoms with E-state index in [-0.39, 0.29) is 18.3 Å². The molecule has 1 aliphatic heterocycles. The van der Waals surface area contributed by atoms with E-state index in [9.17, 15) is 14.9 Å². The molecule has 1 aliphatic rings. The van der Waals surface area contributed by atoms with Crippen molar-refractivity contribution in [2.45, 2.75) is 32.4 Å². The van der Waals surface area contributed by atoms with E-state index < -0.39 is 10.9 Å². The molecule has 1 fully saturated rings. The number of carboxylic acids is 1. The van der Waals surface area contributed by atoms with Crippen LogP contribution in [-0.4, -0.2) is 68.2 Å². The fourth-order valence-electron chi connectivity index (χ4n) is 3.48. The zero-order valence-corrected chi connectivity index (χ0v) is 15.7. The minimum Gasteiger partial charge on any atom is -0.480 e. The number of rotatable bonds is 8. The van der Waals surface area contributed by atoms with E-state index in [2.05, 4.69) is 15.0 Å². The van der Waals surface area contributed by atoms with Crippen LogP contribution in [0.5, 0.6) is 0 Å². The Kier molecular flexibility index (Phi) is 6.32. The molecule has 10 heteroatoms. The molecule has 0 spiro atoms. The van der Waals surface area contributed by atoms with E-state index in [1.807, 2.05) is 11.8 Å². The number of nitro groups is 1. The molecule has 1 aromatic carbocycles. The predicted octanol–water partition coefficient (Wildman–Crippen LogP) is 2.02. The summed E-state index contributed by atoms with van der Waals surface area (Å²) in [6.45, 7) is 4.96. The second kappa shape index (κ2) is 8.89. The number of aliphatic carboxylic acids is 1. The Morgan fingerprint density at radius 1 is 1.36 bits per heavy atom. The molecule has 0 saturated carbocycles. The maximum absolute atomic E-state index is 11.0. The molecular formula is C18H23N5O5. The second-order valence-electron chi connectivity index (χ2n) is 6.78. The number of benzene rings is 1. The Hall–Kier alpha value is -2.85. The van der Waals surface area contributed by atoms with Crippen LogP contribution in [0.4, 0.5) is 5.69 Å². The van der Waals surface area contributed by atoms with Crippen LogP contribution in [0.15, 0.2) is 28.8 Å². The lowest BCUT2D eigenvalue weighted by Gasteiger charge is -2.36. The number of carboxylic acid groups (broad SMARTS) is 1. The van der Waals surface area contributed by atoms with Gasteiger partial charge in [-0.25, -0.2) is 0 Å². The number of aromatic nitrogens is 2. The molecule has 10 nitrogen and oxygen atoms in total. The summed E-state index contributed by atoms with van der Waals surface area (Å²) in [6, 6.07) is 6.29. The Labute approximate surface area is 161 Å². The second-order valence-corrected chi connectivity index (χ2v) is 6.78. The van der Waals surface area contributed by atoms with Gasteiger partial charge in [0.2, 0.25) is 11.7 Å². The first-order chi connectivity index (χ1) is 13.5. The molecule has 0 bridgehead atoms. The van der Waals surface area contributed by atoms with Crippen LogP contribution >= 0.6 is 0 Å². The molecule has 28 heavy (non-hydrogen) atoms. The lowest BCUT2D eigenvalue weighted by Crippen LogP contribution is -2.46. The molecule has 0 radical (unpaired) electrons.